The van der Waals surface area contributed by atoms with E-state index in [0.717, 1.165) is 43.4 Å². The topological polar surface area (TPSA) is 70.0 Å². The van der Waals surface area contributed by atoms with Gasteiger partial charge in [0.15, 0.2) is 0 Å². The fourth-order valence-electron chi connectivity index (χ4n) is 8.70. The van der Waals surface area contributed by atoms with E-state index in [0.29, 0.717) is 29.1 Å². The predicted molar refractivity (Wildman–Crippen MR) is 125 cm³/mol. The zero-order valence-electron chi connectivity index (χ0n) is 20.7. The van der Waals surface area contributed by atoms with Crippen molar-refractivity contribution in [1.82, 2.24) is 5.06 Å². The second kappa shape index (κ2) is 9.38. The van der Waals surface area contributed by atoms with Crippen molar-refractivity contribution >= 4 is 5.91 Å². The molecule has 4 aliphatic carbocycles. The highest BCUT2D eigenvalue weighted by Crippen LogP contribution is 2.67. The lowest BCUT2D eigenvalue weighted by atomic mass is 9.47. The molecule has 5 nitrogen and oxygen atoms in total. The van der Waals surface area contributed by atoms with Gasteiger partial charge in [0.05, 0.1) is 26.4 Å². The third-order valence-electron chi connectivity index (χ3n) is 10.5. The number of carbonyl (C=O) groups is 1. The quantitative estimate of drug-likeness (QED) is 0.437. The summed E-state index contributed by atoms with van der Waals surface area (Å²) in [5, 5.41) is 20.7. The van der Waals surface area contributed by atoms with Crippen molar-refractivity contribution in [2.75, 3.05) is 20.3 Å². The molecule has 0 heterocycles. The molecule has 8 atom stereocenters. The van der Waals surface area contributed by atoms with Crippen LogP contribution in [-0.2, 0) is 9.63 Å². The minimum Gasteiger partial charge on any atom is -0.394 e. The molecule has 182 valence electrons. The molecular weight excluding hydrogens is 402 g/mol. The third kappa shape index (κ3) is 4.07. The first kappa shape index (κ1) is 24.2. The molecule has 5 heteroatoms. The highest BCUT2D eigenvalue weighted by molar-refractivity contribution is 5.75. The number of allylic oxidation sites excluding steroid dienone is 1. The molecule has 32 heavy (non-hydrogen) atoms. The second-order valence-electron chi connectivity index (χ2n) is 11.8. The Bertz CT molecular complexity index is 722. The zero-order valence-corrected chi connectivity index (χ0v) is 20.7. The van der Waals surface area contributed by atoms with Crippen molar-refractivity contribution in [1.29, 1.82) is 0 Å². The highest BCUT2D eigenvalue weighted by atomic mass is 16.7. The molecule has 0 bridgehead atoms. The SMILES string of the molecule is CON(CCO)C(=O)CCC(C)[C@H]1CC[C@H]2[C@@H]3CC=C4C[C@@H](O)CC[C@]4(C)[C@H]3CC[C@]12C. The number of aliphatic hydroxyl groups is 2. The van der Waals surface area contributed by atoms with Crippen LogP contribution < -0.4 is 0 Å². The van der Waals surface area contributed by atoms with Crippen molar-refractivity contribution in [3.05, 3.63) is 11.6 Å². The maximum absolute atomic E-state index is 12.5. The van der Waals surface area contributed by atoms with Crippen LogP contribution in [0.3, 0.4) is 0 Å². The number of rotatable bonds is 7. The second-order valence-corrected chi connectivity index (χ2v) is 11.8. The van der Waals surface area contributed by atoms with Crippen LogP contribution in [0.2, 0.25) is 0 Å². The first-order chi connectivity index (χ1) is 15.2. The molecule has 2 N–H and O–H groups in total. The van der Waals surface area contributed by atoms with Crippen LogP contribution in [0, 0.1) is 40.4 Å². The molecule has 4 aliphatic rings. The number of fused-ring (bicyclic) bond motifs is 5. The molecule has 0 aromatic carbocycles. The zero-order chi connectivity index (χ0) is 23.1. The molecule has 1 amide bonds. The van der Waals surface area contributed by atoms with E-state index in [2.05, 4.69) is 26.8 Å². The van der Waals surface area contributed by atoms with Gasteiger partial charge in [-0.3, -0.25) is 9.63 Å². The van der Waals surface area contributed by atoms with Gasteiger partial charge in [-0.1, -0.05) is 32.4 Å². The van der Waals surface area contributed by atoms with Crippen LogP contribution in [0.25, 0.3) is 0 Å². The molecule has 0 aromatic rings. The Labute approximate surface area is 194 Å². The van der Waals surface area contributed by atoms with Crippen molar-refractivity contribution in [3.63, 3.8) is 0 Å². The fourth-order valence-corrected chi connectivity index (χ4v) is 8.70. The number of hydrogen-bond donors (Lipinski definition) is 2. The number of hydroxylamine groups is 2. The number of amides is 1. The van der Waals surface area contributed by atoms with Gasteiger partial charge >= 0.3 is 0 Å². The molecule has 0 radical (unpaired) electrons. The monoisotopic (exact) mass is 447 g/mol. The molecule has 4 rings (SSSR count). The van der Waals surface area contributed by atoms with Gasteiger partial charge in [-0.2, -0.15) is 0 Å². The van der Waals surface area contributed by atoms with Crippen LogP contribution >= 0.6 is 0 Å². The lowest BCUT2D eigenvalue weighted by molar-refractivity contribution is -0.178. The van der Waals surface area contributed by atoms with Crippen LogP contribution in [0.15, 0.2) is 11.6 Å². The summed E-state index contributed by atoms with van der Waals surface area (Å²) in [6.07, 6.45) is 13.2. The molecule has 0 saturated heterocycles. The predicted octanol–water partition coefficient (Wildman–Crippen LogP) is 4.72. The van der Waals surface area contributed by atoms with Crippen LogP contribution in [-0.4, -0.2) is 47.5 Å². The van der Waals surface area contributed by atoms with E-state index in [1.165, 1.54) is 44.3 Å². The molecule has 3 saturated carbocycles. The normalized spacial score (nSPS) is 41.8. The van der Waals surface area contributed by atoms with Crippen molar-refractivity contribution in [3.8, 4) is 0 Å². The number of aliphatic hydroxyl groups excluding tert-OH is 2. The molecular formula is C27H45NO4. The van der Waals surface area contributed by atoms with Gasteiger partial charge < -0.3 is 10.2 Å². The minimum atomic E-state index is -0.134. The summed E-state index contributed by atoms with van der Waals surface area (Å²) in [4.78, 5) is 17.6. The van der Waals surface area contributed by atoms with E-state index in [9.17, 15) is 9.90 Å². The molecule has 0 spiro atoms. The minimum absolute atomic E-state index is 0.0193. The summed E-state index contributed by atoms with van der Waals surface area (Å²) in [6, 6.07) is 0. The maximum Gasteiger partial charge on any atom is 0.246 e. The van der Waals surface area contributed by atoms with Crippen LogP contribution in [0.4, 0.5) is 0 Å². The van der Waals surface area contributed by atoms with Crippen LogP contribution in [0.1, 0.15) is 85.0 Å². The van der Waals surface area contributed by atoms with Gasteiger partial charge in [-0.15, -0.1) is 0 Å². The van der Waals surface area contributed by atoms with Crippen molar-refractivity contribution in [2.24, 2.45) is 40.4 Å². The summed E-state index contributed by atoms with van der Waals surface area (Å²) >= 11 is 0. The maximum atomic E-state index is 12.5. The van der Waals surface area contributed by atoms with Gasteiger partial charge in [0.1, 0.15) is 0 Å². The highest BCUT2D eigenvalue weighted by Gasteiger charge is 2.59. The largest absolute Gasteiger partial charge is 0.394 e. The molecule has 0 aliphatic heterocycles. The summed E-state index contributed by atoms with van der Waals surface area (Å²) in [6.45, 7) is 7.57. The Balaban J connectivity index is 1.43. The van der Waals surface area contributed by atoms with E-state index >= 15 is 0 Å². The molecule has 0 aromatic heterocycles. The van der Waals surface area contributed by atoms with E-state index in [4.69, 9.17) is 9.94 Å². The Morgan fingerprint density at radius 3 is 2.72 bits per heavy atom. The van der Waals surface area contributed by atoms with E-state index in [-0.39, 0.29) is 25.2 Å². The molecule has 1 unspecified atom stereocenters. The van der Waals surface area contributed by atoms with Gasteiger partial charge in [-0.25, -0.2) is 5.06 Å². The van der Waals surface area contributed by atoms with Gasteiger partial charge in [0.25, 0.3) is 0 Å². The van der Waals surface area contributed by atoms with E-state index < -0.39 is 0 Å². The van der Waals surface area contributed by atoms with Gasteiger partial charge in [-0.05, 0) is 98.2 Å². The summed E-state index contributed by atoms with van der Waals surface area (Å²) in [5.74, 6) is 3.53. The Morgan fingerprint density at radius 2 is 2.00 bits per heavy atom. The van der Waals surface area contributed by atoms with Gasteiger partial charge in [0, 0.05) is 6.42 Å². The number of hydrogen-bond acceptors (Lipinski definition) is 4. The van der Waals surface area contributed by atoms with E-state index in [1.54, 1.807) is 5.57 Å². The fraction of sp³-hybridized carbons (Fsp3) is 0.889. The smallest absolute Gasteiger partial charge is 0.246 e. The number of nitrogens with zero attached hydrogens (tertiary/aromatic N) is 1. The summed E-state index contributed by atoms with van der Waals surface area (Å²) < 4.78 is 0. The average molecular weight is 448 g/mol. The van der Waals surface area contributed by atoms with E-state index in [1.807, 2.05) is 0 Å². The first-order valence-corrected chi connectivity index (χ1v) is 13.1. The number of carbonyl (C=O) groups excluding carboxylic acids is 1. The lowest BCUT2D eigenvalue weighted by Crippen LogP contribution is -2.50. The van der Waals surface area contributed by atoms with Crippen molar-refractivity contribution in [2.45, 2.75) is 91.1 Å². The Morgan fingerprint density at radius 1 is 1.22 bits per heavy atom. The van der Waals surface area contributed by atoms with Crippen molar-refractivity contribution < 1.29 is 19.8 Å². The Hall–Kier alpha value is -0.910. The van der Waals surface area contributed by atoms with Crippen LogP contribution in [0.5, 0.6) is 0 Å². The molecule has 3 fully saturated rings. The lowest BCUT2D eigenvalue weighted by Gasteiger charge is -2.58. The first-order valence-electron chi connectivity index (χ1n) is 13.1. The average Bonchev–Trinajstić information content (AvgIpc) is 3.13. The van der Waals surface area contributed by atoms with Gasteiger partial charge in [0.2, 0.25) is 5.91 Å². The standard InChI is InChI=1S/C27H45NO4/c1-18(5-10-25(31)28(32-4)15-16-29)22-8-9-23-21-7-6-19-17-20(30)11-13-26(19,2)24(21)12-14-27(22,23)3/h6,18,20-24,29-30H,5,7-17H2,1-4H3/t18?,20-,21-,22+,23-,24-,26-,27+/m0/s1. The summed E-state index contributed by atoms with van der Waals surface area (Å²) in [5.41, 5.74) is 2.23. The third-order valence-corrected chi connectivity index (χ3v) is 10.5. The Kier molecular flexibility index (Phi) is 7.10. The summed E-state index contributed by atoms with van der Waals surface area (Å²) in [7, 11) is 1.50.